The molecule has 0 saturated heterocycles. The lowest BCUT2D eigenvalue weighted by atomic mass is 9.99. The molecule has 3 N–H and O–H groups in total. The van der Waals surface area contributed by atoms with Crippen LogP contribution in [0.25, 0.3) is 0 Å². The van der Waals surface area contributed by atoms with E-state index >= 15 is 0 Å². The zero-order valence-electron chi connectivity index (χ0n) is 21.0. The molecular formula is C29H29N5O4. The largest absolute Gasteiger partial charge is 0.344 e. The summed E-state index contributed by atoms with van der Waals surface area (Å²) < 4.78 is 0. The lowest BCUT2D eigenvalue weighted by Crippen LogP contribution is -2.54. The Morgan fingerprint density at radius 3 is 2.00 bits per heavy atom. The summed E-state index contributed by atoms with van der Waals surface area (Å²) in [5, 5.41) is 17.2. The molecule has 38 heavy (non-hydrogen) atoms. The molecule has 1 unspecified atom stereocenters. The predicted molar refractivity (Wildman–Crippen MR) is 140 cm³/mol. The van der Waals surface area contributed by atoms with E-state index in [1.54, 1.807) is 48.7 Å². The highest BCUT2D eigenvalue weighted by molar-refractivity contribution is 6.38. The summed E-state index contributed by atoms with van der Waals surface area (Å²) in [4.78, 5) is 55.4. The van der Waals surface area contributed by atoms with E-state index < -0.39 is 41.5 Å². The van der Waals surface area contributed by atoms with E-state index in [1.807, 2.05) is 42.5 Å². The standard InChI is InChI=1S/C29H29N5O4/c1-20(33-28(37)23(18-30)16-21-10-4-2-5-11-21)27(36)34-25(17-22-12-6-3-7-13-22)26(35)29(38)32-19-24-14-8-9-15-31-24/h2-15,20,23,25H,16-17,19H2,1H3,(H,32,38)(H,33,37)(H,34,36)/t20-,23?,25-/m1/s1. The number of nitriles is 1. The lowest BCUT2D eigenvalue weighted by molar-refractivity contribution is -0.140. The topological polar surface area (TPSA) is 141 Å². The van der Waals surface area contributed by atoms with Crippen LogP contribution in [-0.4, -0.2) is 40.6 Å². The van der Waals surface area contributed by atoms with Crippen LogP contribution in [-0.2, 0) is 38.6 Å². The molecule has 3 aromatic rings. The molecule has 0 aliphatic carbocycles. The Morgan fingerprint density at radius 2 is 1.42 bits per heavy atom. The van der Waals surface area contributed by atoms with Crippen LogP contribution in [0.15, 0.2) is 85.1 Å². The first-order chi connectivity index (χ1) is 18.4. The van der Waals surface area contributed by atoms with Gasteiger partial charge in [-0.15, -0.1) is 0 Å². The summed E-state index contributed by atoms with van der Waals surface area (Å²) in [6.45, 7) is 1.51. The highest BCUT2D eigenvalue weighted by Gasteiger charge is 2.30. The van der Waals surface area contributed by atoms with Crippen molar-refractivity contribution < 1.29 is 19.2 Å². The molecule has 9 heteroatoms. The average Bonchev–Trinajstić information content (AvgIpc) is 2.95. The third-order valence-electron chi connectivity index (χ3n) is 5.80. The Balaban J connectivity index is 1.64. The molecule has 3 atom stereocenters. The van der Waals surface area contributed by atoms with Crippen molar-refractivity contribution >= 4 is 23.5 Å². The second kappa shape index (κ2) is 14.0. The van der Waals surface area contributed by atoms with Gasteiger partial charge in [-0.1, -0.05) is 66.7 Å². The van der Waals surface area contributed by atoms with Crippen molar-refractivity contribution in [3.05, 3.63) is 102 Å². The van der Waals surface area contributed by atoms with Crippen molar-refractivity contribution in [3.63, 3.8) is 0 Å². The Hall–Kier alpha value is -4.84. The van der Waals surface area contributed by atoms with Crippen LogP contribution in [0.4, 0.5) is 0 Å². The van der Waals surface area contributed by atoms with Gasteiger partial charge >= 0.3 is 0 Å². The number of nitrogens with zero attached hydrogens (tertiary/aromatic N) is 2. The van der Waals surface area contributed by atoms with Gasteiger partial charge in [-0.25, -0.2) is 0 Å². The number of amides is 3. The zero-order chi connectivity index (χ0) is 27.3. The van der Waals surface area contributed by atoms with Gasteiger partial charge in [0, 0.05) is 12.6 Å². The van der Waals surface area contributed by atoms with Crippen LogP contribution < -0.4 is 16.0 Å². The Labute approximate surface area is 221 Å². The molecule has 0 radical (unpaired) electrons. The van der Waals surface area contributed by atoms with E-state index in [-0.39, 0.29) is 19.4 Å². The first-order valence-electron chi connectivity index (χ1n) is 12.2. The molecule has 0 saturated carbocycles. The number of hydrogen-bond acceptors (Lipinski definition) is 6. The van der Waals surface area contributed by atoms with Gasteiger partial charge in [-0.2, -0.15) is 5.26 Å². The second-order valence-electron chi connectivity index (χ2n) is 8.72. The van der Waals surface area contributed by atoms with Gasteiger partial charge in [-0.3, -0.25) is 24.2 Å². The number of carbonyl (C=O) groups excluding carboxylic acids is 4. The van der Waals surface area contributed by atoms with Crippen LogP contribution in [0.1, 0.15) is 23.7 Å². The van der Waals surface area contributed by atoms with Crippen molar-refractivity contribution in [3.8, 4) is 6.07 Å². The minimum absolute atomic E-state index is 0.0564. The number of ketones is 1. The highest BCUT2D eigenvalue weighted by Crippen LogP contribution is 2.09. The van der Waals surface area contributed by atoms with Crippen molar-refractivity contribution in [2.24, 2.45) is 5.92 Å². The van der Waals surface area contributed by atoms with E-state index in [4.69, 9.17) is 0 Å². The van der Waals surface area contributed by atoms with Crippen molar-refractivity contribution in [1.29, 1.82) is 5.26 Å². The fraction of sp³-hybridized carbons (Fsp3) is 0.241. The summed E-state index contributed by atoms with van der Waals surface area (Å²) in [5.41, 5.74) is 2.14. The predicted octanol–water partition coefficient (Wildman–Crippen LogP) is 1.88. The third kappa shape index (κ3) is 8.38. The van der Waals surface area contributed by atoms with Gasteiger partial charge in [0.2, 0.25) is 17.6 Å². The minimum Gasteiger partial charge on any atom is -0.344 e. The van der Waals surface area contributed by atoms with Gasteiger partial charge in [0.15, 0.2) is 0 Å². The molecule has 194 valence electrons. The van der Waals surface area contributed by atoms with Crippen LogP contribution >= 0.6 is 0 Å². The molecule has 0 bridgehead atoms. The quantitative estimate of drug-likeness (QED) is 0.317. The van der Waals surface area contributed by atoms with E-state index in [9.17, 15) is 24.4 Å². The summed E-state index contributed by atoms with van der Waals surface area (Å²) >= 11 is 0. The van der Waals surface area contributed by atoms with Crippen molar-refractivity contribution in [2.45, 2.75) is 38.4 Å². The fourth-order valence-electron chi connectivity index (χ4n) is 3.70. The maximum absolute atomic E-state index is 13.0. The fourth-order valence-corrected chi connectivity index (χ4v) is 3.70. The van der Waals surface area contributed by atoms with Gasteiger partial charge < -0.3 is 16.0 Å². The lowest BCUT2D eigenvalue weighted by Gasteiger charge is -2.21. The van der Waals surface area contributed by atoms with Crippen LogP contribution in [0.3, 0.4) is 0 Å². The summed E-state index contributed by atoms with van der Waals surface area (Å²) in [6.07, 6.45) is 1.86. The number of rotatable bonds is 12. The number of nitrogens with one attached hydrogen (secondary N) is 3. The molecule has 0 aliphatic rings. The van der Waals surface area contributed by atoms with Gasteiger partial charge in [0.1, 0.15) is 18.0 Å². The minimum atomic E-state index is -1.16. The van der Waals surface area contributed by atoms with E-state index in [0.29, 0.717) is 5.69 Å². The molecule has 0 fully saturated rings. The third-order valence-corrected chi connectivity index (χ3v) is 5.80. The number of benzene rings is 2. The zero-order valence-corrected chi connectivity index (χ0v) is 21.0. The number of carbonyl (C=O) groups is 4. The summed E-state index contributed by atoms with van der Waals surface area (Å²) in [5.74, 6) is -3.93. The monoisotopic (exact) mass is 511 g/mol. The highest BCUT2D eigenvalue weighted by atomic mass is 16.2. The van der Waals surface area contributed by atoms with Gasteiger partial charge in [0.25, 0.3) is 5.91 Å². The molecule has 1 heterocycles. The van der Waals surface area contributed by atoms with E-state index in [0.717, 1.165) is 11.1 Å². The van der Waals surface area contributed by atoms with Crippen molar-refractivity contribution in [2.75, 3.05) is 0 Å². The first-order valence-corrected chi connectivity index (χ1v) is 12.2. The molecule has 0 aliphatic heterocycles. The molecule has 2 aromatic carbocycles. The molecule has 0 spiro atoms. The molecule has 1 aromatic heterocycles. The van der Waals surface area contributed by atoms with Crippen molar-refractivity contribution in [1.82, 2.24) is 20.9 Å². The Bertz CT molecular complexity index is 1280. The van der Waals surface area contributed by atoms with Crippen LogP contribution in [0, 0.1) is 17.2 Å². The molecule has 9 nitrogen and oxygen atoms in total. The number of aromatic nitrogens is 1. The SMILES string of the molecule is C[C@@H](NC(=O)C(C#N)Cc1ccccc1)C(=O)N[C@H](Cc1ccccc1)C(=O)C(=O)NCc1ccccn1. The Kier molecular flexibility index (Phi) is 10.3. The second-order valence-corrected chi connectivity index (χ2v) is 8.72. The number of Topliss-reactive ketones (excluding diaryl/α,β-unsaturated/α-hetero) is 1. The van der Waals surface area contributed by atoms with Crippen LogP contribution in [0.2, 0.25) is 0 Å². The molecule has 3 amide bonds. The smallest absolute Gasteiger partial charge is 0.289 e. The maximum atomic E-state index is 13.0. The van der Waals surface area contributed by atoms with Gasteiger partial charge in [-0.05, 0) is 36.6 Å². The summed E-state index contributed by atoms with van der Waals surface area (Å²) in [7, 11) is 0. The van der Waals surface area contributed by atoms with E-state index in [2.05, 4.69) is 20.9 Å². The Morgan fingerprint density at radius 1 is 0.816 bits per heavy atom. The maximum Gasteiger partial charge on any atom is 0.289 e. The van der Waals surface area contributed by atoms with E-state index in [1.165, 1.54) is 6.92 Å². The number of hydrogen-bond donors (Lipinski definition) is 3. The normalized spacial score (nSPS) is 12.7. The number of pyridine rings is 1. The first kappa shape index (κ1) is 27.7. The van der Waals surface area contributed by atoms with Crippen LogP contribution in [0.5, 0.6) is 0 Å². The molecule has 3 rings (SSSR count). The van der Waals surface area contributed by atoms with Gasteiger partial charge in [0.05, 0.1) is 18.3 Å². The summed E-state index contributed by atoms with van der Waals surface area (Å²) in [6, 6.07) is 23.0. The average molecular weight is 512 g/mol. The molecular weight excluding hydrogens is 482 g/mol.